The van der Waals surface area contributed by atoms with Gasteiger partial charge < -0.3 is 4.57 Å². The lowest BCUT2D eigenvalue weighted by molar-refractivity contribution is 0.618. The fraction of sp³-hybridized carbons (Fsp3) is 0.412. The lowest BCUT2D eigenvalue weighted by atomic mass is 10.1. The second-order valence-electron chi connectivity index (χ2n) is 6.20. The minimum Gasteiger partial charge on any atom is -0.312 e. The van der Waals surface area contributed by atoms with Crippen molar-refractivity contribution in [3.05, 3.63) is 34.1 Å². The zero-order valence-electron chi connectivity index (χ0n) is 13.5. The highest BCUT2D eigenvalue weighted by Crippen LogP contribution is 2.36. The van der Waals surface area contributed by atoms with E-state index < -0.39 is 0 Å². The average Bonchev–Trinajstić information content (AvgIpc) is 3.02. The fourth-order valence-electron chi connectivity index (χ4n) is 2.66. The Hall–Kier alpha value is -1.39. The molecule has 0 spiro atoms. The van der Waals surface area contributed by atoms with Gasteiger partial charge in [0.15, 0.2) is 0 Å². The third kappa shape index (κ3) is 2.44. The molecule has 0 aliphatic carbocycles. The summed E-state index contributed by atoms with van der Waals surface area (Å²) in [5.74, 6) is 0.432. The molecule has 1 aromatic carbocycles. The first kappa shape index (κ1) is 15.5. The number of aromatic nitrogens is 3. The first-order chi connectivity index (χ1) is 10.4. The predicted molar refractivity (Wildman–Crippen MR) is 95.1 cm³/mol. The topological polar surface area (TPSA) is 30.7 Å². The number of imidazole rings is 1. The van der Waals surface area contributed by atoms with Gasteiger partial charge in [-0.15, -0.1) is 11.3 Å². The molecule has 3 nitrogen and oxygen atoms in total. The lowest BCUT2D eigenvalue weighted by Gasteiger charge is -2.10. The molecule has 2 aromatic heterocycles. The Morgan fingerprint density at radius 2 is 1.86 bits per heavy atom. The van der Waals surface area contributed by atoms with Crippen LogP contribution in [0.15, 0.2) is 17.5 Å². The van der Waals surface area contributed by atoms with Crippen molar-refractivity contribution in [3.63, 3.8) is 0 Å². The van der Waals surface area contributed by atoms with Gasteiger partial charge in [0, 0.05) is 17.0 Å². The minimum absolute atomic E-state index is 0.274. The van der Waals surface area contributed by atoms with Crippen molar-refractivity contribution in [3.8, 4) is 10.6 Å². The molecule has 0 saturated carbocycles. The van der Waals surface area contributed by atoms with Crippen LogP contribution in [0.1, 0.15) is 50.9 Å². The molecule has 0 radical (unpaired) electrons. The summed E-state index contributed by atoms with van der Waals surface area (Å²) >= 11 is 8.04. The highest BCUT2D eigenvalue weighted by atomic mass is 35.5. The lowest BCUT2D eigenvalue weighted by Crippen LogP contribution is -2.00. The summed E-state index contributed by atoms with van der Waals surface area (Å²) in [5.41, 5.74) is 5.44. The van der Waals surface area contributed by atoms with E-state index in [9.17, 15) is 0 Å². The fourth-order valence-corrected chi connectivity index (χ4v) is 4.12. The van der Waals surface area contributed by atoms with Gasteiger partial charge in [-0.2, -0.15) is 0 Å². The third-order valence-electron chi connectivity index (χ3n) is 3.87. The molecule has 0 unspecified atom stereocenters. The maximum Gasteiger partial charge on any atom is 0.204 e. The van der Waals surface area contributed by atoms with E-state index >= 15 is 0 Å². The van der Waals surface area contributed by atoms with Crippen LogP contribution in [0.3, 0.4) is 0 Å². The summed E-state index contributed by atoms with van der Waals surface area (Å²) in [6, 6.07) is 4.50. The van der Waals surface area contributed by atoms with Crippen molar-refractivity contribution in [1.82, 2.24) is 14.5 Å². The Kier molecular flexibility index (Phi) is 4.00. The third-order valence-corrected chi connectivity index (χ3v) is 5.02. The average molecular weight is 334 g/mol. The Morgan fingerprint density at radius 3 is 2.45 bits per heavy atom. The van der Waals surface area contributed by atoms with Gasteiger partial charge >= 0.3 is 0 Å². The Labute approximate surface area is 140 Å². The summed E-state index contributed by atoms with van der Waals surface area (Å²) in [6.07, 6.45) is 0. The van der Waals surface area contributed by atoms with Gasteiger partial charge in [0.1, 0.15) is 10.5 Å². The van der Waals surface area contributed by atoms with Crippen LogP contribution in [-0.2, 0) is 0 Å². The van der Waals surface area contributed by atoms with E-state index in [1.54, 1.807) is 11.3 Å². The molecule has 22 heavy (non-hydrogen) atoms. The SMILES string of the molecule is Cc1ccc2c(nc(Cl)n2C(C)C)c1-c1nc(C(C)C)cs1. The molecular formula is C17H20ClN3S. The van der Waals surface area contributed by atoms with E-state index in [0.717, 1.165) is 27.3 Å². The van der Waals surface area contributed by atoms with Crippen molar-refractivity contribution >= 4 is 34.0 Å². The van der Waals surface area contributed by atoms with Crippen LogP contribution in [0.4, 0.5) is 0 Å². The van der Waals surface area contributed by atoms with Gasteiger partial charge in [0.05, 0.1) is 11.2 Å². The molecule has 0 bridgehead atoms. The number of hydrogen-bond acceptors (Lipinski definition) is 3. The molecule has 0 fully saturated rings. The highest BCUT2D eigenvalue weighted by Gasteiger charge is 2.19. The largest absolute Gasteiger partial charge is 0.312 e. The van der Waals surface area contributed by atoms with Gasteiger partial charge in [-0.25, -0.2) is 9.97 Å². The molecule has 0 aliphatic heterocycles. The van der Waals surface area contributed by atoms with Crippen molar-refractivity contribution in [1.29, 1.82) is 0 Å². The summed E-state index contributed by atoms with van der Waals surface area (Å²) in [4.78, 5) is 9.42. The van der Waals surface area contributed by atoms with Crippen LogP contribution in [0.2, 0.25) is 5.28 Å². The molecule has 0 aliphatic rings. The number of nitrogens with zero attached hydrogens (tertiary/aromatic N) is 3. The summed E-state index contributed by atoms with van der Waals surface area (Å²) in [7, 11) is 0. The van der Waals surface area contributed by atoms with Gasteiger partial charge in [0.2, 0.25) is 5.28 Å². The van der Waals surface area contributed by atoms with E-state index in [-0.39, 0.29) is 6.04 Å². The maximum absolute atomic E-state index is 6.36. The van der Waals surface area contributed by atoms with Crippen LogP contribution < -0.4 is 0 Å². The van der Waals surface area contributed by atoms with Crippen molar-refractivity contribution in [2.24, 2.45) is 0 Å². The Bertz CT molecular complexity index is 830. The number of hydrogen-bond donors (Lipinski definition) is 0. The van der Waals surface area contributed by atoms with Crippen molar-refractivity contribution < 1.29 is 0 Å². The van der Waals surface area contributed by atoms with Crippen LogP contribution in [0.5, 0.6) is 0 Å². The Balaban J connectivity index is 2.28. The van der Waals surface area contributed by atoms with Gasteiger partial charge in [0.25, 0.3) is 0 Å². The van der Waals surface area contributed by atoms with Gasteiger partial charge in [-0.05, 0) is 49.9 Å². The van der Waals surface area contributed by atoms with Crippen LogP contribution in [-0.4, -0.2) is 14.5 Å². The number of halogens is 1. The first-order valence-corrected chi connectivity index (χ1v) is 8.78. The van der Waals surface area contributed by atoms with E-state index in [1.807, 2.05) is 0 Å². The monoisotopic (exact) mass is 333 g/mol. The number of thiazole rings is 1. The molecule has 3 rings (SSSR count). The van der Waals surface area contributed by atoms with Crippen LogP contribution >= 0.6 is 22.9 Å². The quantitative estimate of drug-likeness (QED) is 0.604. The second kappa shape index (κ2) is 5.67. The number of benzene rings is 1. The van der Waals surface area contributed by atoms with E-state index in [0.29, 0.717) is 11.2 Å². The molecule has 2 heterocycles. The van der Waals surface area contributed by atoms with Gasteiger partial charge in [-0.1, -0.05) is 19.9 Å². The summed E-state index contributed by atoms with van der Waals surface area (Å²) < 4.78 is 2.07. The molecular weight excluding hydrogens is 314 g/mol. The number of aryl methyl sites for hydroxylation is 1. The molecule has 5 heteroatoms. The van der Waals surface area contributed by atoms with E-state index in [2.05, 4.69) is 61.7 Å². The molecule has 3 aromatic rings. The standard InChI is InChI=1S/C17H20ClN3S/c1-9(2)12-8-22-16(19-12)14-11(5)6-7-13-15(14)20-17(18)21(13)10(3)4/h6-10H,1-5H3. The second-order valence-corrected chi connectivity index (χ2v) is 7.40. The molecule has 0 saturated heterocycles. The number of rotatable bonds is 3. The zero-order chi connectivity index (χ0) is 16.0. The molecule has 0 atom stereocenters. The maximum atomic E-state index is 6.36. The predicted octanol–water partition coefficient (Wildman–Crippen LogP) is 5.83. The first-order valence-electron chi connectivity index (χ1n) is 7.53. The summed E-state index contributed by atoms with van der Waals surface area (Å²) in [6.45, 7) is 10.7. The van der Waals surface area contributed by atoms with Crippen molar-refractivity contribution in [2.75, 3.05) is 0 Å². The van der Waals surface area contributed by atoms with Gasteiger partial charge in [-0.3, -0.25) is 0 Å². The molecule has 116 valence electrons. The van der Waals surface area contributed by atoms with E-state index in [4.69, 9.17) is 16.6 Å². The Morgan fingerprint density at radius 1 is 1.14 bits per heavy atom. The minimum atomic E-state index is 0.274. The summed E-state index contributed by atoms with van der Waals surface area (Å²) in [5, 5.41) is 3.70. The van der Waals surface area contributed by atoms with Crippen LogP contribution in [0, 0.1) is 6.92 Å². The van der Waals surface area contributed by atoms with Crippen molar-refractivity contribution in [2.45, 2.75) is 46.6 Å². The normalized spacial score (nSPS) is 12.0. The van der Waals surface area contributed by atoms with E-state index in [1.165, 1.54) is 5.56 Å². The molecule has 0 N–H and O–H groups in total. The molecule has 0 amide bonds. The zero-order valence-corrected chi connectivity index (χ0v) is 15.1. The van der Waals surface area contributed by atoms with Crippen LogP contribution in [0.25, 0.3) is 21.6 Å². The smallest absolute Gasteiger partial charge is 0.204 e. The number of fused-ring (bicyclic) bond motifs is 1. The highest BCUT2D eigenvalue weighted by molar-refractivity contribution is 7.13.